The van der Waals surface area contributed by atoms with Crippen LogP contribution in [0, 0.1) is 0 Å². The quantitative estimate of drug-likeness (QED) is 0.614. The molecule has 0 fully saturated rings. The Kier molecular flexibility index (Phi) is 5.74. The van der Waals surface area contributed by atoms with Crippen LogP contribution in [0.3, 0.4) is 0 Å². The van der Waals surface area contributed by atoms with Crippen molar-refractivity contribution in [1.82, 2.24) is 14.5 Å². The van der Waals surface area contributed by atoms with Gasteiger partial charge in [-0.15, -0.1) is 10.2 Å². The van der Waals surface area contributed by atoms with Crippen molar-refractivity contribution in [2.45, 2.75) is 10.4 Å². The molecule has 0 unspecified atom stereocenters. The summed E-state index contributed by atoms with van der Waals surface area (Å²) < 4.78 is 25.5. The largest absolute Gasteiger partial charge is 0.299 e. The second-order valence-electron chi connectivity index (χ2n) is 4.66. The standard InChI is InChI=1S/C13H16N4O3S3/c1-17(23(3,19)20)10(9-7-5-4-6-8-9)11(18)14-12-15-16-13(21-2)22-12/h4-8,10H,1-3H3,(H,14,15,18)/t10-/m0/s1. The number of carbonyl (C=O) groups is 1. The van der Waals surface area contributed by atoms with Gasteiger partial charge in [0.15, 0.2) is 4.34 Å². The number of hydrogen-bond acceptors (Lipinski definition) is 7. The van der Waals surface area contributed by atoms with Crippen molar-refractivity contribution in [3.63, 3.8) is 0 Å². The maximum atomic E-state index is 12.6. The van der Waals surface area contributed by atoms with Crippen molar-refractivity contribution in [3.8, 4) is 0 Å². The van der Waals surface area contributed by atoms with Gasteiger partial charge in [0, 0.05) is 7.05 Å². The summed E-state index contributed by atoms with van der Waals surface area (Å²) in [5, 5.41) is 10.7. The van der Waals surface area contributed by atoms with Gasteiger partial charge in [0.25, 0.3) is 0 Å². The van der Waals surface area contributed by atoms with Crippen molar-refractivity contribution in [2.24, 2.45) is 0 Å². The van der Waals surface area contributed by atoms with Gasteiger partial charge in [-0.25, -0.2) is 8.42 Å². The third-order valence-electron chi connectivity index (χ3n) is 3.06. The molecular formula is C13H16N4O3S3. The van der Waals surface area contributed by atoms with Crippen LogP contribution in [0.5, 0.6) is 0 Å². The molecule has 0 saturated carbocycles. The highest BCUT2D eigenvalue weighted by Crippen LogP contribution is 2.27. The number of hydrogen-bond donors (Lipinski definition) is 1. The lowest BCUT2D eigenvalue weighted by Gasteiger charge is -2.25. The molecule has 23 heavy (non-hydrogen) atoms. The Hall–Kier alpha value is -1.49. The van der Waals surface area contributed by atoms with Gasteiger partial charge < -0.3 is 0 Å². The highest BCUT2D eigenvalue weighted by Gasteiger charge is 2.31. The number of thioether (sulfide) groups is 1. The molecule has 1 aromatic carbocycles. The highest BCUT2D eigenvalue weighted by atomic mass is 32.2. The third kappa shape index (κ3) is 4.50. The molecule has 1 amide bonds. The summed E-state index contributed by atoms with van der Waals surface area (Å²) in [5.74, 6) is -0.479. The maximum Gasteiger partial charge on any atom is 0.249 e. The Morgan fingerprint density at radius 3 is 2.48 bits per heavy atom. The Labute approximate surface area is 143 Å². The van der Waals surface area contributed by atoms with E-state index in [9.17, 15) is 13.2 Å². The fourth-order valence-electron chi connectivity index (χ4n) is 1.87. The first-order valence-corrected chi connectivity index (χ1v) is 10.4. The van der Waals surface area contributed by atoms with Crippen molar-refractivity contribution in [2.75, 3.05) is 24.9 Å². The number of nitrogens with zero attached hydrogens (tertiary/aromatic N) is 3. The van der Waals surface area contributed by atoms with Crippen LogP contribution in [0.15, 0.2) is 34.7 Å². The first-order chi connectivity index (χ1) is 10.8. The molecule has 0 aliphatic heterocycles. The van der Waals surface area contributed by atoms with Crippen molar-refractivity contribution in [1.29, 1.82) is 0 Å². The van der Waals surface area contributed by atoms with Crippen LogP contribution in [-0.4, -0.2) is 48.4 Å². The SMILES string of the molecule is CSc1nnc(NC(=O)[C@H](c2ccccc2)N(C)S(C)(=O)=O)s1. The van der Waals surface area contributed by atoms with Crippen LogP contribution in [0.4, 0.5) is 5.13 Å². The van der Waals surface area contributed by atoms with Gasteiger partial charge in [-0.3, -0.25) is 10.1 Å². The summed E-state index contributed by atoms with van der Waals surface area (Å²) >= 11 is 2.65. The van der Waals surface area contributed by atoms with Crippen molar-refractivity contribution in [3.05, 3.63) is 35.9 Å². The fraction of sp³-hybridized carbons (Fsp3) is 0.308. The molecule has 0 spiro atoms. The summed E-state index contributed by atoms with van der Waals surface area (Å²) in [4.78, 5) is 12.6. The third-order valence-corrected chi connectivity index (χ3v) is 6.13. The van der Waals surface area contributed by atoms with E-state index in [-0.39, 0.29) is 0 Å². The molecule has 0 aliphatic rings. The minimum atomic E-state index is -3.55. The van der Waals surface area contributed by atoms with Gasteiger partial charge in [-0.1, -0.05) is 53.4 Å². The van der Waals surface area contributed by atoms with Gasteiger partial charge in [-0.05, 0) is 11.8 Å². The monoisotopic (exact) mass is 372 g/mol. The number of aromatic nitrogens is 2. The number of carbonyl (C=O) groups excluding carboxylic acids is 1. The lowest BCUT2D eigenvalue weighted by atomic mass is 10.1. The molecule has 1 aromatic heterocycles. The lowest BCUT2D eigenvalue weighted by molar-refractivity contribution is -0.119. The molecule has 0 radical (unpaired) electrons. The minimum Gasteiger partial charge on any atom is -0.299 e. The number of benzene rings is 1. The van der Waals surface area contributed by atoms with E-state index in [0.717, 1.165) is 10.6 Å². The Morgan fingerprint density at radius 1 is 1.30 bits per heavy atom. The molecule has 10 heteroatoms. The van der Waals surface area contributed by atoms with E-state index in [2.05, 4.69) is 15.5 Å². The van der Waals surface area contributed by atoms with Crippen molar-refractivity contribution < 1.29 is 13.2 Å². The van der Waals surface area contributed by atoms with E-state index in [0.29, 0.717) is 15.0 Å². The van der Waals surface area contributed by atoms with Crippen LogP contribution < -0.4 is 5.32 Å². The van der Waals surface area contributed by atoms with Crippen LogP contribution in [-0.2, 0) is 14.8 Å². The highest BCUT2D eigenvalue weighted by molar-refractivity contribution is 8.00. The summed E-state index contributed by atoms with van der Waals surface area (Å²) in [6.07, 6.45) is 2.92. The minimum absolute atomic E-state index is 0.335. The summed E-state index contributed by atoms with van der Waals surface area (Å²) in [7, 11) is -2.18. The topological polar surface area (TPSA) is 92.3 Å². The maximum absolute atomic E-state index is 12.6. The summed E-state index contributed by atoms with van der Waals surface area (Å²) in [6, 6.07) is 7.74. The van der Waals surface area contributed by atoms with Crippen LogP contribution in [0.25, 0.3) is 0 Å². The van der Waals surface area contributed by atoms with E-state index in [1.54, 1.807) is 30.3 Å². The first kappa shape index (κ1) is 17.9. The molecule has 1 heterocycles. The van der Waals surface area contributed by atoms with E-state index < -0.39 is 22.0 Å². The average Bonchev–Trinajstić information content (AvgIpc) is 2.95. The van der Waals surface area contributed by atoms with E-state index in [1.807, 2.05) is 6.26 Å². The van der Waals surface area contributed by atoms with Gasteiger partial charge in [0.2, 0.25) is 21.1 Å². The second-order valence-corrected chi connectivity index (χ2v) is 8.73. The van der Waals surface area contributed by atoms with Gasteiger partial charge in [-0.2, -0.15) is 4.31 Å². The molecule has 2 rings (SSSR count). The lowest BCUT2D eigenvalue weighted by Crippen LogP contribution is -2.38. The summed E-state index contributed by atoms with van der Waals surface area (Å²) in [5.41, 5.74) is 0.576. The molecule has 0 bridgehead atoms. The number of amides is 1. The second kappa shape index (κ2) is 7.39. The number of sulfonamides is 1. The molecule has 2 aromatic rings. The van der Waals surface area contributed by atoms with Crippen LogP contribution in [0.2, 0.25) is 0 Å². The normalized spacial score (nSPS) is 13.0. The number of nitrogens with one attached hydrogen (secondary N) is 1. The molecule has 1 N–H and O–H groups in total. The molecule has 0 saturated heterocycles. The molecule has 1 atom stereocenters. The van der Waals surface area contributed by atoms with E-state index in [1.165, 1.54) is 30.1 Å². The Morgan fingerprint density at radius 2 is 1.96 bits per heavy atom. The average molecular weight is 372 g/mol. The van der Waals surface area contributed by atoms with Gasteiger partial charge >= 0.3 is 0 Å². The van der Waals surface area contributed by atoms with Gasteiger partial charge in [0.05, 0.1) is 6.26 Å². The number of anilines is 1. The predicted molar refractivity (Wildman–Crippen MR) is 92.1 cm³/mol. The Balaban J connectivity index is 2.31. The zero-order valence-electron chi connectivity index (χ0n) is 12.8. The fourth-order valence-corrected chi connectivity index (χ4v) is 3.64. The van der Waals surface area contributed by atoms with Crippen LogP contribution >= 0.6 is 23.1 Å². The Bertz CT molecular complexity index is 777. The van der Waals surface area contributed by atoms with Crippen molar-refractivity contribution >= 4 is 44.2 Å². The zero-order chi connectivity index (χ0) is 17.0. The molecular weight excluding hydrogens is 356 g/mol. The zero-order valence-corrected chi connectivity index (χ0v) is 15.2. The van der Waals surface area contributed by atoms with Gasteiger partial charge in [0.1, 0.15) is 6.04 Å². The van der Waals surface area contributed by atoms with E-state index in [4.69, 9.17) is 0 Å². The molecule has 0 aliphatic carbocycles. The number of likely N-dealkylation sites (N-methyl/N-ethyl adjacent to an activating group) is 1. The predicted octanol–water partition coefficient (Wildman–Crippen LogP) is 1.83. The molecule has 7 nitrogen and oxygen atoms in total. The van der Waals surface area contributed by atoms with Crippen LogP contribution in [0.1, 0.15) is 11.6 Å². The van der Waals surface area contributed by atoms with E-state index >= 15 is 0 Å². The molecule has 124 valence electrons. The number of rotatable bonds is 6. The smallest absolute Gasteiger partial charge is 0.249 e. The summed E-state index contributed by atoms with van der Waals surface area (Å²) in [6.45, 7) is 0. The first-order valence-electron chi connectivity index (χ1n) is 6.49.